The first-order chi connectivity index (χ1) is 12.5. The van der Waals surface area contributed by atoms with Crippen LogP contribution < -0.4 is 15.5 Å². The van der Waals surface area contributed by atoms with Crippen LogP contribution >= 0.6 is 23.2 Å². The molecule has 1 heterocycles. The maximum atomic E-state index is 12.1. The molecule has 2 N–H and O–H groups in total. The Kier molecular flexibility index (Phi) is 6.28. The highest BCUT2D eigenvalue weighted by atomic mass is 35.5. The van der Waals surface area contributed by atoms with Crippen LogP contribution in [-0.4, -0.2) is 25.5 Å². The summed E-state index contributed by atoms with van der Waals surface area (Å²) in [7, 11) is 0. The molecule has 3 rings (SSSR count). The van der Waals surface area contributed by atoms with E-state index in [1.165, 1.54) is 18.5 Å². The molecule has 6 heteroatoms. The van der Waals surface area contributed by atoms with Gasteiger partial charge in [-0.2, -0.15) is 0 Å². The maximum absolute atomic E-state index is 12.1. The lowest BCUT2D eigenvalue weighted by molar-refractivity contribution is -0.114. The topological polar surface area (TPSA) is 44.4 Å². The van der Waals surface area contributed by atoms with Gasteiger partial charge in [0.05, 0.1) is 17.3 Å². The number of carbonyl (C=O) groups excluding carboxylic acids is 1. The lowest BCUT2D eigenvalue weighted by Crippen LogP contribution is -2.32. The minimum Gasteiger partial charge on any atom is -0.376 e. The first-order valence-corrected chi connectivity index (χ1v) is 9.60. The number of carbonyl (C=O) groups is 1. The van der Waals surface area contributed by atoms with E-state index in [-0.39, 0.29) is 12.5 Å². The molecule has 0 spiro atoms. The highest BCUT2D eigenvalue weighted by Crippen LogP contribution is 2.26. The molecule has 0 unspecified atom stereocenters. The molecule has 0 atom stereocenters. The van der Waals surface area contributed by atoms with Gasteiger partial charge >= 0.3 is 0 Å². The number of amides is 1. The summed E-state index contributed by atoms with van der Waals surface area (Å²) in [4.78, 5) is 14.5. The molecule has 2 aromatic carbocycles. The third kappa shape index (κ3) is 5.05. The van der Waals surface area contributed by atoms with E-state index in [1.807, 2.05) is 12.1 Å². The van der Waals surface area contributed by atoms with Gasteiger partial charge in [0.15, 0.2) is 0 Å². The first kappa shape index (κ1) is 18.9. The zero-order valence-electron chi connectivity index (χ0n) is 14.8. The van der Waals surface area contributed by atoms with Crippen LogP contribution in [0.3, 0.4) is 0 Å². The van der Waals surface area contributed by atoms with Crippen molar-refractivity contribution in [1.82, 2.24) is 0 Å². The predicted octanol–water partition coefficient (Wildman–Crippen LogP) is 5.28. The molecular formula is C20H23Cl2N3O. The fourth-order valence-corrected chi connectivity index (χ4v) is 3.36. The number of hydrogen-bond donors (Lipinski definition) is 2. The molecule has 1 aliphatic heterocycles. The summed E-state index contributed by atoms with van der Waals surface area (Å²) >= 11 is 12.0. The van der Waals surface area contributed by atoms with Crippen LogP contribution in [0.15, 0.2) is 42.5 Å². The number of piperidine rings is 1. The van der Waals surface area contributed by atoms with E-state index in [1.54, 1.807) is 18.2 Å². The van der Waals surface area contributed by atoms with Crippen molar-refractivity contribution in [3.05, 3.63) is 52.5 Å². The standard InChI is InChI=1S/C20H23Cl2N3O/c1-14-8-10-25(11-9-14)17-5-3-16(4-6-17)23-13-20(26)24-19-12-15(21)2-7-18(19)22/h2-7,12,14,23H,8-11,13H2,1H3,(H,24,26). The number of hydrogen-bond acceptors (Lipinski definition) is 3. The summed E-state index contributed by atoms with van der Waals surface area (Å²) in [6.45, 7) is 4.68. The van der Waals surface area contributed by atoms with Gasteiger partial charge in [0, 0.05) is 29.5 Å². The van der Waals surface area contributed by atoms with Crippen LogP contribution in [0.5, 0.6) is 0 Å². The molecule has 1 aliphatic rings. The van der Waals surface area contributed by atoms with Crippen LogP contribution in [-0.2, 0) is 4.79 Å². The second kappa shape index (κ2) is 8.65. The van der Waals surface area contributed by atoms with Crippen molar-refractivity contribution >= 4 is 46.2 Å². The summed E-state index contributed by atoms with van der Waals surface area (Å²) in [5, 5.41) is 6.88. The molecule has 1 fully saturated rings. The number of nitrogens with zero attached hydrogens (tertiary/aromatic N) is 1. The Hall–Kier alpha value is -1.91. The molecule has 4 nitrogen and oxygen atoms in total. The quantitative estimate of drug-likeness (QED) is 0.728. The molecule has 1 saturated heterocycles. The van der Waals surface area contributed by atoms with E-state index in [0.717, 1.165) is 24.7 Å². The SMILES string of the molecule is CC1CCN(c2ccc(NCC(=O)Nc3cc(Cl)ccc3Cl)cc2)CC1. The van der Waals surface area contributed by atoms with Crippen molar-refractivity contribution < 1.29 is 4.79 Å². The van der Waals surface area contributed by atoms with Gasteiger partial charge in [-0.25, -0.2) is 0 Å². The van der Waals surface area contributed by atoms with Crippen LogP contribution in [0.1, 0.15) is 19.8 Å². The molecule has 0 radical (unpaired) electrons. The summed E-state index contributed by atoms with van der Waals surface area (Å²) in [5.74, 6) is 0.641. The zero-order chi connectivity index (χ0) is 18.5. The highest BCUT2D eigenvalue weighted by molar-refractivity contribution is 6.35. The summed E-state index contributed by atoms with van der Waals surface area (Å²) in [6.07, 6.45) is 2.48. The maximum Gasteiger partial charge on any atom is 0.243 e. The molecule has 26 heavy (non-hydrogen) atoms. The predicted molar refractivity (Wildman–Crippen MR) is 111 cm³/mol. The van der Waals surface area contributed by atoms with Crippen LogP contribution in [0.2, 0.25) is 10.0 Å². The number of rotatable bonds is 5. The summed E-state index contributed by atoms with van der Waals surface area (Å²) in [5.41, 5.74) is 2.66. The first-order valence-electron chi connectivity index (χ1n) is 8.85. The van der Waals surface area contributed by atoms with Crippen molar-refractivity contribution in [2.75, 3.05) is 35.2 Å². The van der Waals surface area contributed by atoms with Gasteiger partial charge in [-0.15, -0.1) is 0 Å². The molecule has 1 amide bonds. The lowest BCUT2D eigenvalue weighted by atomic mass is 9.99. The van der Waals surface area contributed by atoms with E-state index >= 15 is 0 Å². The Balaban J connectivity index is 1.51. The van der Waals surface area contributed by atoms with Gasteiger partial charge in [-0.1, -0.05) is 30.1 Å². The Morgan fingerprint density at radius 3 is 2.50 bits per heavy atom. The van der Waals surface area contributed by atoms with E-state index in [4.69, 9.17) is 23.2 Å². The second-order valence-corrected chi connectivity index (χ2v) is 7.59. The molecule has 0 bridgehead atoms. The van der Waals surface area contributed by atoms with Crippen molar-refractivity contribution in [1.29, 1.82) is 0 Å². The highest BCUT2D eigenvalue weighted by Gasteiger charge is 2.15. The number of halogens is 2. The van der Waals surface area contributed by atoms with Crippen molar-refractivity contribution in [2.45, 2.75) is 19.8 Å². The van der Waals surface area contributed by atoms with Gasteiger partial charge < -0.3 is 15.5 Å². The Bertz CT molecular complexity index is 756. The van der Waals surface area contributed by atoms with Crippen molar-refractivity contribution in [3.8, 4) is 0 Å². The van der Waals surface area contributed by atoms with Gasteiger partial charge in [0.1, 0.15) is 0 Å². The third-order valence-corrected chi connectivity index (χ3v) is 5.24. The third-order valence-electron chi connectivity index (χ3n) is 4.67. The molecule has 2 aromatic rings. The summed E-state index contributed by atoms with van der Waals surface area (Å²) in [6, 6.07) is 13.2. The molecule has 0 saturated carbocycles. The monoisotopic (exact) mass is 391 g/mol. The van der Waals surface area contributed by atoms with E-state index in [9.17, 15) is 4.79 Å². The lowest BCUT2D eigenvalue weighted by Gasteiger charge is -2.32. The minimum atomic E-state index is -0.178. The Morgan fingerprint density at radius 1 is 1.12 bits per heavy atom. The van der Waals surface area contributed by atoms with Crippen LogP contribution in [0.25, 0.3) is 0 Å². The Labute approximate surface area is 164 Å². The molecular weight excluding hydrogens is 369 g/mol. The van der Waals surface area contributed by atoms with Crippen molar-refractivity contribution in [2.24, 2.45) is 5.92 Å². The number of nitrogens with one attached hydrogen (secondary N) is 2. The average molecular weight is 392 g/mol. The van der Waals surface area contributed by atoms with Gasteiger partial charge in [-0.05, 0) is 61.2 Å². The fourth-order valence-electron chi connectivity index (χ4n) is 3.03. The molecule has 0 aliphatic carbocycles. The van der Waals surface area contributed by atoms with Gasteiger partial charge in [-0.3, -0.25) is 4.79 Å². The van der Waals surface area contributed by atoms with Crippen LogP contribution in [0, 0.1) is 5.92 Å². The summed E-state index contributed by atoms with van der Waals surface area (Å²) < 4.78 is 0. The average Bonchev–Trinajstić information content (AvgIpc) is 2.64. The second-order valence-electron chi connectivity index (χ2n) is 6.74. The number of benzene rings is 2. The Morgan fingerprint density at radius 2 is 1.81 bits per heavy atom. The van der Waals surface area contributed by atoms with E-state index < -0.39 is 0 Å². The normalized spacial score (nSPS) is 15.0. The van der Waals surface area contributed by atoms with Gasteiger partial charge in [0.2, 0.25) is 5.91 Å². The zero-order valence-corrected chi connectivity index (χ0v) is 16.3. The largest absolute Gasteiger partial charge is 0.376 e. The van der Waals surface area contributed by atoms with Crippen molar-refractivity contribution in [3.63, 3.8) is 0 Å². The molecule has 0 aromatic heterocycles. The van der Waals surface area contributed by atoms with Gasteiger partial charge in [0.25, 0.3) is 0 Å². The van der Waals surface area contributed by atoms with E-state index in [2.05, 4.69) is 34.6 Å². The van der Waals surface area contributed by atoms with E-state index in [0.29, 0.717) is 15.7 Å². The molecule has 138 valence electrons. The van der Waals surface area contributed by atoms with Crippen LogP contribution in [0.4, 0.5) is 17.1 Å². The number of anilines is 3. The fraction of sp³-hybridized carbons (Fsp3) is 0.350. The minimum absolute atomic E-state index is 0.156. The smallest absolute Gasteiger partial charge is 0.243 e.